The van der Waals surface area contributed by atoms with Crippen LogP contribution in [0.25, 0.3) is 0 Å². The minimum atomic E-state index is -0.911. The van der Waals surface area contributed by atoms with E-state index in [4.69, 9.17) is 15.9 Å². The van der Waals surface area contributed by atoms with E-state index in [1.54, 1.807) is 7.11 Å². The molecule has 2 rings (SSSR count). The van der Waals surface area contributed by atoms with Crippen LogP contribution < -0.4 is 4.74 Å². The highest BCUT2D eigenvalue weighted by Gasteiger charge is 2.39. The fraction of sp³-hybridized carbons (Fsp3) is 0.600. The van der Waals surface area contributed by atoms with E-state index in [9.17, 15) is 5.11 Å². The number of rotatable bonds is 5. The largest absolute Gasteiger partial charge is 0.491 e. The maximum absolute atomic E-state index is 10.1. The Morgan fingerprint density at radius 1 is 1.17 bits per heavy atom. The number of ether oxygens (including phenoxy) is 2. The zero-order chi connectivity index (χ0) is 17.3. The van der Waals surface area contributed by atoms with Gasteiger partial charge in [0.25, 0.3) is 0 Å². The molecule has 1 aliphatic rings. The summed E-state index contributed by atoms with van der Waals surface area (Å²) < 4.78 is 11.1. The molecule has 23 heavy (non-hydrogen) atoms. The Kier molecular flexibility index (Phi) is 5.08. The van der Waals surface area contributed by atoms with Gasteiger partial charge in [0.05, 0.1) is 6.61 Å². The summed E-state index contributed by atoms with van der Waals surface area (Å²) in [6, 6.07) is 3.95. The van der Waals surface area contributed by atoms with E-state index in [-0.39, 0.29) is 10.8 Å². The topological polar surface area (TPSA) is 38.7 Å². The molecular weight excluding hydrogens is 288 g/mol. The Morgan fingerprint density at radius 2 is 1.83 bits per heavy atom. The normalized spacial score (nSPS) is 19.5. The maximum Gasteiger partial charge on any atom is 0.140 e. The van der Waals surface area contributed by atoms with Gasteiger partial charge in [0.15, 0.2) is 0 Å². The molecular formula is C20H28O3. The van der Waals surface area contributed by atoms with Crippen molar-refractivity contribution in [2.75, 3.05) is 20.3 Å². The first kappa shape index (κ1) is 17.8. The van der Waals surface area contributed by atoms with Crippen molar-refractivity contribution in [2.24, 2.45) is 0 Å². The zero-order valence-electron chi connectivity index (χ0n) is 14.9. The average Bonchev–Trinajstić information content (AvgIpc) is 2.50. The van der Waals surface area contributed by atoms with Gasteiger partial charge in [-0.2, -0.15) is 0 Å². The molecule has 1 N–H and O–H groups in total. The van der Waals surface area contributed by atoms with Crippen LogP contribution in [0, 0.1) is 12.3 Å². The van der Waals surface area contributed by atoms with Gasteiger partial charge in [-0.3, -0.25) is 0 Å². The SMILES string of the molecule is C#CC(O)c1cc(OCCOC)c2c(c1)C(C)(C)CCC2(C)C. The van der Waals surface area contributed by atoms with Gasteiger partial charge in [0, 0.05) is 12.7 Å². The lowest BCUT2D eigenvalue weighted by Gasteiger charge is -2.43. The van der Waals surface area contributed by atoms with Crippen molar-refractivity contribution in [3.05, 3.63) is 28.8 Å². The van der Waals surface area contributed by atoms with Gasteiger partial charge >= 0.3 is 0 Å². The molecule has 3 nitrogen and oxygen atoms in total. The van der Waals surface area contributed by atoms with Crippen molar-refractivity contribution in [1.29, 1.82) is 0 Å². The van der Waals surface area contributed by atoms with E-state index in [0.29, 0.717) is 13.2 Å². The molecule has 0 amide bonds. The smallest absolute Gasteiger partial charge is 0.140 e. The van der Waals surface area contributed by atoms with Crippen molar-refractivity contribution in [1.82, 2.24) is 0 Å². The summed E-state index contributed by atoms with van der Waals surface area (Å²) >= 11 is 0. The second kappa shape index (κ2) is 6.55. The molecule has 0 aromatic heterocycles. The van der Waals surface area contributed by atoms with Crippen LogP contribution in [-0.4, -0.2) is 25.4 Å². The van der Waals surface area contributed by atoms with E-state index in [2.05, 4.69) is 39.7 Å². The summed E-state index contributed by atoms with van der Waals surface area (Å²) in [4.78, 5) is 0. The molecule has 0 radical (unpaired) electrons. The van der Waals surface area contributed by atoms with Crippen molar-refractivity contribution >= 4 is 0 Å². The number of methoxy groups -OCH3 is 1. The van der Waals surface area contributed by atoms with Crippen molar-refractivity contribution in [3.63, 3.8) is 0 Å². The van der Waals surface area contributed by atoms with Gasteiger partial charge in [-0.05, 0) is 40.9 Å². The summed E-state index contributed by atoms with van der Waals surface area (Å²) in [5.74, 6) is 3.23. The van der Waals surface area contributed by atoms with Crippen molar-refractivity contribution in [2.45, 2.75) is 57.5 Å². The molecule has 0 saturated heterocycles. The van der Waals surface area contributed by atoms with Crippen molar-refractivity contribution < 1.29 is 14.6 Å². The van der Waals surface area contributed by atoms with E-state index >= 15 is 0 Å². The van der Waals surface area contributed by atoms with E-state index in [0.717, 1.165) is 24.2 Å². The third-order valence-electron chi connectivity index (χ3n) is 4.92. The molecule has 0 aliphatic heterocycles. The molecule has 1 unspecified atom stereocenters. The Morgan fingerprint density at radius 3 is 2.43 bits per heavy atom. The summed E-state index contributed by atoms with van der Waals surface area (Å²) in [7, 11) is 1.66. The predicted octanol–water partition coefficient (Wildman–Crippen LogP) is 3.73. The highest BCUT2D eigenvalue weighted by molar-refractivity contribution is 5.53. The lowest BCUT2D eigenvalue weighted by molar-refractivity contribution is 0.143. The van der Waals surface area contributed by atoms with Crippen LogP contribution >= 0.6 is 0 Å². The summed E-state index contributed by atoms with van der Waals surface area (Å²) in [5.41, 5.74) is 3.26. The first-order chi connectivity index (χ1) is 10.7. The minimum absolute atomic E-state index is 0.0346. The van der Waals surface area contributed by atoms with E-state index < -0.39 is 6.10 Å². The third kappa shape index (κ3) is 3.54. The van der Waals surface area contributed by atoms with Gasteiger partial charge in [0.2, 0.25) is 0 Å². The highest BCUT2D eigenvalue weighted by Crippen LogP contribution is 2.50. The van der Waals surface area contributed by atoms with E-state index in [1.807, 2.05) is 6.07 Å². The molecule has 126 valence electrons. The quantitative estimate of drug-likeness (QED) is 0.664. The molecule has 3 heteroatoms. The van der Waals surface area contributed by atoms with Gasteiger partial charge in [0.1, 0.15) is 18.5 Å². The zero-order valence-corrected chi connectivity index (χ0v) is 14.9. The van der Waals surface area contributed by atoms with Crippen LogP contribution in [0.2, 0.25) is 0 Å². The first-order valence-corrected chi connectivity index (χ1v) is 8.18. The second-order valence-corrected chi connectivity index (χ2v) is 7.62. The summed E-state index contributed by atoms with van der Waals surface area (Å²) in [6.07, 6.45) is 6.70. The van der Waals surface area contributed by atoms with Crippen molar-refractivity contribution in [3.8, 4) is 18.1 Å². The Bertz CT molecular complexity index is 608. The summed E-state index contributed by atoms with van der Waals surface area (Å²) in [5, 5.41) is 10.1. The standard InChI is InChI=1S/C20H28O3/c1-7-16(21)14-12-15-18(17(13-14)23-11-10-22-6)20(4,5)9-8-19(15,2)3/h1,12-13,16,21H,8-11H2,2-6H3. The molecule has 0 spiro atoms. The van der Waals surface area contributed by atoms with Gasteiger partial charge < -0.3 is 14.6 Å². The predicted molar refractivity (Wildman–Crippen MR) is 92.9 cm³/mol. The number of benzene rings is 1. The lowest BCUT2D eigenvalue weighted by Crippen LogP contribution is -2.34. The number of aliphatic hydroxyl groups is 1. The third-order valence-corrected chi connectivity index (χ3v) is 4.92. The molecule has 0 heterocycles. The van der Waals surface area contributed by atoms with Crippen LogP contribution in [0.15, 0.2) is 12.1 Å². The van der Waals surface area contributed by atoms with Crippen LogP contribution in [0.4, 0.5) is 0 Å². The average molecular weight is 316 g/mol. The molecule has 0 bridgehead atoms. The Hall–Kier alpha value is -1.50. The van der Waals surface area contributed by atoms with Gasteiger partial charge in [-0.25, -0.2) is 0 Å². The number of aliphatic hydroxyl groups excluding tert-OH is 1. The minimum Gasteiger partial charge on any atom is -0.491 e. The molecule has 1 aromatic rings. The number of fused-ring (bicyclic) bond motifs is 1. The van der Waals surface area contributed by atoms with Crippen LogP contribution in [0.1, 0.15) is 63.3 Å². The Balaban J connectivity index is 2.61. The molecule has 1 atom stereocenters. The van der Waals surface area contributed by atoms with Crippen LogP contribution in [0.5, 0.6) is 5.75 Å². The van der Waals surface area contributed by atoms with Crippen LogP contribution in [-0.2, 0) is 15.6 Å². The first-order valence-electron chi connectivity index (χ1n) is 8.18. The number of hydrogen-bond acceptors (Lipinski definition) is 3. The van der Waals surface area contributed by atoms with Crippen LogP contribution in [0.3, 0.4) is 0 Å². The molecule has 1 aliphatic carbocycles. The fourth-order valence-electron chi connectivity index (χ4n) is 3.36. The van der Waals surface area contributed by atoms with Gasteiger partial charge in [-0.15, -0.1) is 6.42 Å². The Labute approximate surface area is 140 Å². The summed E-state index contributed by atoms with van der Waals surface area (Å²) in [6.45, 7) is 10.00. The fourth-order valence-corrected chi connectivity index (χ4v) is 3.36. The number of terminal acetylenes is 1. The molecule has 0 fully saturated rings. The number of hydrogen-bond donors (Lipinski definition) is 1. The molecule has 0 saturated carbocycles. The highest BCUT2D eigenvalue weighted by atomic mass is 16.5. The second-order valence-electron chi connectivity index (χ2n) is 7.62. The monoisotopic (exact) mass is 316 g/mol. The van der Waals surface area contributed by atoms with Gasteiger partial charge in [-0.1, -0.05) is 39.7 Å². The maximum atomic E-state index is 10.1. The molecule has 1 aromatic carbocycles. The van der Waals surface area contributed by atoms with E-state index in [1.165, 1.54) is 11.1 Å². The lowest BCUT2D eigenvalue weighted by atomic mass is 9.62.